The minimum Gasteiger partial charge on any atom is -0.479 e. The highest BCUT2D eigenvalue weighted by Gasteiger charge is 2.20. The Morgan fingerprint density at radius 3 is 2.76 bits per heavy atom. The number of ether oxygens (including phenoxy) is 1. The fourth-order valence-electron chi connectivity index (χ4n) is 1.81. The van der Waals surface area contributed by atoms with E-state index in [4.69, 9.17) is 9.26 Å². The maximum atomic E-state index is 12.2. The van der Waals surface area contributed by atoms with E-state index in [1.807, 2.05) is 32.0 Å². The van der Waals surface area contributed by atoms with Crippen LogP contribution in [0.15, 0.2) is 33.3 Å². The normalized spacial score (nSPS) is 12.0. The van der Waals surface area contributed by atoms with Gasteiger partial charge >= 0.3 is 0 Å². The van der Waals surface area contributed by atoms with Gasteiger partial charge in [0.15, 0.2) is 11.9 Å². The largest absolute Gasteiger partial charge is 0.479 e. The first-order chi connectivity index (χ1) is 9.99. The van der Waals surface area contributed by atoms with Crippen LogP contribution >= 0.6 is 15.9 Å². The maximum absolute atomic E-state index is 12.2. The molecule has 0 aliphatic rings. The predicted octanol–water partition coefficient (Wildman–Crippen LogP) is 3.85. The zero-order valence-corrected chi connectivity index (χ0v) is 13.7. The van der Waals surface area contributed by atoms with E-state index in [0.29, 0.717) is 23.7 Å². The van der Waals surface area contributed by atoms with Gasteiger partial charge in [-0.15, -0.1) is 0 Å². The third-order valence-corrected chi connectivity index (χ3v) is 3.52. The molecule has 0 radical (unpaired) electrons. The van der Waals surface area contributed by atoms with Gasteiger partial charge in [-0.2, -0.15) is 0 Å². The number of aryl methyl sites for hydroxylation is 2. The number of carbonyl (C=O) groups is 1. The third-order valence-electron chi connectivity index (χ3n) is 2.90. The van der Waals surface area contributed by atoms with Crippen LogP contribution in [0.4, 0.5) is 5.82 Å². The molecule has 2 aromatic rings. The molecule has 1 N–H and O–H groups in total. The molecule has 1 aromatic carbocycles. The smallest absolute Gasteiger partial charge is 0.266 e. The average molecular weight is 353 g/mol. The van der Waals surface area contributed by atoms with Crippen LogP contribution in [0.25, 0.3) is 0 Å². The summed E-state index contributed by atoms with van der Waals surface area (Å²) in [4.78, 5) is 12.2. The first-order valence-corrected chi connectivity index (χ1v) is 7.46. The number of hydrogen-bond donors (Lipinski definition) is 1. The van der Waals surface area contributed by atoms with Crippen molar-refractivity contribution < 1.29 is 14.1 Å². The van der Waals surface area contributed by atoms with Gasteiger partial charge in [-0.05, 0) is 53.9 Å². The third kappa shape index (κ3) is 4.07. The summed E-state index contributed by atoms with van der Waals surface area (Å²) in [7, 11) is 0. The van der Waals surface area contributed by atoms with Crippen molar-refractivity contribution in [1.29, 1.82) is 0 Å². The van der Waals surface area contributed by atoms with Gasteiger partial charge < -0.3 is 14.6 Å². The Labute approximate surface area is 131 Å². The van der Waals surface area contributed by atoms with Crippen LogP contribution in [-0.2, 0) is 4.79 Å². The molecule has 1 aromatic heterocycles. The SMILES string of the molecule is CCC(Oc1ccc(C)cc1Br)C(=O)Nc1cc(C)on1. The van der Waals surface area contributed by atoms with E-state index in [1.165, 1.54) is 0 Å². The van der Waals surface area contributed by atoms with Crippen molar-refractivity contribution in [2.75, 3.05) is 5.32 Å². The molecule has 0 saturated carbocycles. The molecule has 1 unspecified atom stereocenters. The van der Waals surface area contributed by atoms with Gasteiger partial charge in [-0.3, -0.25) is 4.79 Å². The first kappa shape index (κ1) is 15.6. The number of hydrogen-bond acceptors (Lipinski definition) is 4. The van der Waals surface area contributed by atoms with Crippen molar-refractivity contribution in [3.63, 3.8) is 0 Å². The fourth-order valence-corrected chi connectivity index (χ4v) is 2.40. The van der Waals surface area contributed by atoms with Crippen molar-refractivity contribution in [3.8, 4) is 5.75 Å². The Morgan fingerprint density at radius 1 is 1.43 bits per heavy atom. The Morgan fingerprint density at radius 2 is 2.19 bits per heavy atom. The number of nitrogens with zero attached hydrogens (tertiary/aromatic N) is 1. The highest BCUT2D eigenvalue weighted by molar-refractivity contribution is 9.10. The lowest BCUT2D eigenvalue weighted by molar-refractivity contribution is -0.122. The number of rotatable bonds is 5. The molecule has 0 saturated heterocycles. The van der Waals surface area contributed by atoms with Crippen LogP contribution in [0.2, 0.25) is 0 Å². The van der Waals surface area contributed by atoms with Crippen molar-refractivity contribution in [2.24, 2.45) is 0 Å². The molecule has 112 valence electrons. The average Bonchev–Trinajstić information content (AvgIpc) is 2.83. The fraction of sp³-hybridized carbons (Fsp3) is 0.333. The van der Waals surface area contributed by atoms with Crippen LogP contribution in [0.3, 0.4) is 0 Å². The topological polar surface area (TPSA) is 64.4 Å². The molecule has 0 aliphatic heterocycles. The molecule has 6 heteroatoms. The molecular weight excluding hydrogens is 336 g/mol. The zero-order valence-electron chi connectivity index (χ0n) is 12.1. The molecule has 1 atom stereocenters. The Hall–Kier alpha value is -1.82. The summed E-state index contributed by atoms with van der Waals surface area (Å²) in [6, 6.07) is 7.38. The molecule has 5 nitrogen and oxygen atoms in total. The number of carbonyl (C=O) groups excluding carboxylic acids is 1. The number of aromatic nitrogens is 1. The Balaban J connectivity index is 2.06. The van der Waals surface area contributed by atoms with Crippen molar-refractivity contribution in [2.45, 2.75) is 33.3 Å². The van der Waals surface area contributed by atoms with E-state index < -0.39 is 6.10 Å². The molecule has 1 heterocycles. The number of benzene rings is 1. The summed E-state index contributed by atoms with van der Waals surface area (Å²) in [5.74, 6) is 1.42. The molecule has 0 fully saturated rings. The van der Waals surface area contributed by atoms with Gasteiger partial charge in [-0.1, -0.05) is 18.1 Å². The number of halogens is 1. The summed E-state index contributed by atoms with van der Waals surface area (Å²) in [5, 5.41) is 6.42. The van der Waals surface area contributed by atoms with Crippen LogP contribution in [-0.4, -0.2) is 17.2 Å². The summed E-state index contributed by atoms with van der Waals surface area (Å²) in [5.41, 5.74) is 1.12. The summed E-state index contributed by atoms with van der Waals surface area (Å²) < 4.78 is 11.5. The van der Waals surface area contributed by atoms with Crippen LogP contribution in [0, 0.1) is 13.8 Å². The van der Waals surface area contributed by atoms with E-state index >= 15 is 0 Å². The molecule has 0 aliphatic carbocycles. The number of amides is 1. The highest BCUT2D eigenvalue weighted by atomic mass is 79.9. The standard InChI is InChI=1S/C15H17BrN2O3/c1-4-12(15(19)17-14-8-10(3)21-18-14)20-13-6-5-9(2)7-11(13)16/h5-8,12H,4H2,1-3H3,(H,17,18,19). The summed E-state index contributed by atoms with van der Waals surface area (Å²) in [6.07, 6.45) is -0.0517. The van der Waals surface area contributed by atoms with Crippen LogP contribution < -0.4 is 10.1 Å². The van der Waals surface area contributed by atoms with Gasteiger partial charge in [0.1, 0.15) is 11.5 Å². The molecule has 2 rings (SSSR count). The van der Waals surface area contributed by atoms with Crippen molar-refractivity contribution >= 4 is 27.7 Å². The van der Waals surface area contributed by atoms with Gasteiger partial charge in [0.05, 0.1) is 4.47 Å². The summed E-state index contributed by atoms with van der Waals surface area (Å²) in [6.45, 7) is 5.64. The van der Waals surface area contributed by atoms with Gasteiger partial charge in [-0.25, -0.2) is 0 Å². The predicted molar refractivity (Wildman–Crippen MR) is 83.5 cm³/mol. The number of nitrogens with one attached hydrogen (secondary N) is 1. The molecule has 0 bridgehead atoms. The minimum atomic E-state index is -0.596. The second kappa shape index (κ2) is 6.76. The lowest BCUT2D eigenvalue weighted by atomic mass is 10.2. The van der Waals surface area contributed by atoms with E-state index in [-0.39, 0.29) is 5.91 Å². The second-order valence-electron chi connectivity index (χ2n) is 4.76. The lowest BCUT2D eigenvalue weighted by Crippen LogP contribution is -2.32. The zero-order chi connectivity index (χ0) is 15.4. The van der Waals surface area contributed by atoms with Crippen LogP contribution in [0.1, 0.15) is 24.7 Å². The monoisotopic (exact) mass is 352 g/mol. The molecule has 1 amide bonds. The van der Waals surface area contributed by atoms with Gasteiger partial charge in [0, 0.05) is 6.07 Å². The summed E-state index contributed by atoms with van der Waals surface area (Å²) >= 11 is 3.44. The van der Waals surface area contributed by atoms with E-state index in [1.54, 1.807) is 13.0 Å². The Bertz CT molecular complexity index is 640. The first-order valence-electron chi connectivity index (χ1n) is 6.66. The van der Waals surface area contributed by atoms with Crippen molar-refractivity contribution in [1.82, 2.24) is 5.16 Å². The Kier molecular flexibility index (Phi) is 5.01. The number of anilines is 1. The highest BCUT2D eigenvalue weighted by Crippen LogP contribution is 2.27. The lowest BCUT2D eigenvalue weighted by Gasteiger charge is -2.17. The second-order valence-corrected chi connectivity index (χ2v) is 5.62. The molecule has 0 spiro atoms. The van der Waals surface area contributed by atoms with E-state index in [0.717, 1.165) is 10.0 Å². The maximum Gasteiger partial charge on any atom is 0.266 e. The molecular formula is C15H17BrN2O3. The van der Waals surface area contributed by atoms with Crippen molar-refractivity contribution in [3.05, 3.63) is 40.1 Å². The molecule has 21 heavy (non-hydrogen) atoms. The minimum absolute atomic E-state index is 0.252. The van der Waals surface area contributed by atoms with Gasteiger partial charge in [0.2, 0.25) is 0 Å². The quantitative estimate of drug-likeness (QED) is 0.887. The van der Waals surface area contributed by atoms with E-state index in [9.17, 15) is 4.79 Å². The van der Waals surface area contributed by atoms with Crippen LogP contribution in [0.5, 0.6) is 5.75 Å². The van der Waals surface area contributed by atoms with Gasteiger partial charge in [0.25, 0.3) is 5.91 Å². The van der Waals surface area contributed by atoms with E-state index in [2.05, 4.69) is 26.4 Å².